The second-order valence-electron chi connectivity index (χ2n) is 9.16. The first-order valence-electron chi connectivity index (χ1n) is 11.8. The standard InChI is InChI=1S/C25H30N6O2/c1-15-20-14-28-25(29-21-8-7-18(13-27-21)17-9-11-26-12-10-17)30-23(20)31(19-5-3-4-6-19)24(33)22(15)16(2)32/h7-8,13-14,17,19,26,33H,3-6,9-12H2,1-2H3/p-1. The Labute approximate surface area is 193 Å². The average molecular weight is 446 g/mol. The zero-order chi connectivity index (χ0) is 22.9. The molecule has 2 fully saturated rings. The maximum Gasteiger partial charge on any atom is 0.253 e. The van der Waals surface area contributed by atoms with E-state index in [4.69, 9.17) is 0 Å². The molecule has 1 aromatic rings. The highest BCUT2D eigenvalue weighted by atomic mass is 16.3. The fourth-order valence-corrected chi connectivity index (χ4v) is 5.26. The van der Waals surface area contributed by atoms with Crippen molar-refractivity contribution in [1.82, 2.24) is 24.8 Å². The lowest BCUT2D eigenvalue weighted by molar-refractivity contribution is -0.280. The summed E-state index contributed by atoms with van der Waals surface area (Å²) in [6, 6.07) is 4.03. The molecule has 8 heteroatoms. The topological polar surface area (TPSA) is 108 Å². The van der Waals surface area contributed by atoms with Gasteiger partial charge in [-0.1, -0.05) is 18.9 Å². The first-order chi connectivity index (χ1) is 16.0. The smallest absolute Gasteiger partial charge is 0.253 e. The van der Waals surface area contributed by atoms with Crippen molar-refractivity contribution < 1.29 is 9.90 Å². The Hall–Kier alpha value is -3.13. The Morgan fingerprint density at radius 1 is 1.12 bits per heavy atom. The molecule has 0 amide bonds. The van der Waals surface area contributed by atoms with E-state index in [1.807, 2.05) is 12.3 Å². The third-order valence-corrected chi connectivity index (χ3v) is 7.03. The van der Waals surface area contributed by atoms with Crippen LogP contribution in [0.2, 0.25) is 0 Å². The molecule has 4 aliphatic rings. The van der Waals surface area contributed by atoms with E-state index < -0.39 is 0 Å². The van der Waals surface area contributed by atoms with E-state index in [0.717, 1.165) is 57.2 Å². The van der Waals surface area contributed by atoms with Gasteiger partial charge >= 0.3 is 0 Å². The summed E-state index contributed by atoms with van der Waals surface area (Å²) in [5, 5.41) is 16.7. The first kappa shape index (κ1) is 21.7. The van der Waals surface area contributed by atoms with Crippen LogP contribution in [0.15, 0.2) is 29.5 Å². The lowest BCUT2D eigenvalue weighted by Gasteiger charge is -2.31. The van der Waals surface area contributed by atoms with Crippen molar-refractivity contribution in [3.63, 3.8) is 0 Å². The van der Waals surface area contributed by atoms with Crippen molar-refractivity contribution in [2.45, 2.75) is 64.3 Å². The lowest BCUT2D eigenvalue weighted by atomic mass is 9.91. The van der Waals surface area contributed by atoms with E-state index >= 15 is 0 Å². The highest BCUT2D eigenvalue weighted by molar-refractivity contribution is 5.99. The molecule has 1 N–H and O–H groups in total. The van der Waals surface area contributed by atoms with Gasteiger partial charge in [0.15, 0.2) is 11.6 Å². The van der Waals surface area contributed by atoms with Crippen molar-refractivity contribution in [1.29, 1.82) is 0 Å². The fourth-order valence-electron chi connectivity index (χ4n) is 5.26. The van der Waals surface area contributed by atoms with Crippen LogP contribution in [0.5, 0.6) is 5.88 Å². The van der Waals surface area contributed by atoms with E-state index in [1.165, 1.54) is 12.5 Å². The van der Waals surface area contributed by atoms with Gasteiger partial charge in [-0.2, -0.15) is 9.98 Å². The second kappa shape index (κ2) is 9.02. The van der Waals surface area contributed by atoms with Crippen molar-refractivity contribution >= 4 is 11.6 Å². The SMILES string of the molecule is CC(=O)c1c(C)c2cnc(=Nc3ccc(C4CCNCC4)cn3)nc-2n(C2CCCC2)c1[O-]. The van der Waals surface area contributed by atoms with Gasteiger partial charge in [-0.05, 0) is 81.6 Å². The summed E-state index contributed by atoms with van der Waals surface area (Å²) in [4.78, 5) is 30.4. The van der Waals surface area contributed by atoms with Gasteiger partial charge in [0.1, 0.15) is 5.82 Å². The van der Waals surface area contributed by atoms with Crippen molar-refractivity contribution in [3.05, 3.63) is 46.8 Å². The molecule has 0 aromatic carbocycles. The Morgan fingerprint density at radius 3 is 2.55 bits per heavy atom. The molecule has 1 aromatic heterocycles. The molecule has 1 saturated heterocycles. The molecule has 1 saturated carbocycles. The van der Waals surface area contributed by atoms with Gasteiger partial charge < -0.3 is 15.0 Å². The zero-order valence-corrected chi connectivity index (χ0v) is 19.2. The van der Waals surface area contributed by atoms with Gasteiger partial charge in [0.05, 0.1) is 0 Å². The number of rotatable bonds is 4. The van der Waals surface area contributed by atoms with Gasteiger partial charge in [0.2, 0.25) is 0 Å². The Bertz CT molecular complexity index is 1200. The molecule has 0 atom stereocenters. The number of piperidine rings is 1. The molecular weight excluding hydrogens is 416 g/mol. The zero-order valence-electron chi connectivity index (χ0n) is 19.2. The van der Waals surface area contributed by atoms with Crippen LogP contribution in [0.1, 0.15) is 78.9 Å². The minimum absolute atomic E-state index is 0.0452. The van der Waals surface area contributed by atoms with Crippen molar-refractivity contribution in [2.24, 2.45) is 4.99 Å². The number of carbonyl (C=O) groups is 1. The summed E-state index contributed by atoms with van der Waals surface area (Å²) < 4.78 is 1.71. The number of aromatic nitrogens is 4. The average Bonchev–Trinajstić information content (AvgIpc) is 3.34. The third-order valence-electron chi connectivity index (χ3n) is 7.03. The Balaban J connectivity index is 1.58. The van der Waals surface area contributed by atoms with E-state index in [-0.39, 0.29) is 28.9 Å². The van der Waals surface area contributed by atoms with E-state index in [9.17, 15) is 9.90 Å². The molecule has 0 spiro atoms. The summed E-state index contributed by atoms with van der Waals surface area (Å²) >= 11 is 0. The predicted molar refractivity (Wildman–Crippen MR) is 123 cm³/mol. The summed E-state index contributed by atoms with van der Waals surface area (Å²) in [7, 11) is 0. The molecule has 0 radical (unpaired) electrons. The second-order valence-corrected chi connectivity index (χ2v) is 9.16. The number of Topliss-reactive ketones (excluding diaryl/α,β-unsaturated/α-hetero) is 1. The number of ketones is 1. The van der Waals surface area contributed by atoms with Crippen LogP contribution >= 0.6 is 0 Å². The maximum atomic E-state index is 13.3. The van der Waals surface area contributed by atoms with Crippen molar-refractivity contribution in [2.75, 3.05) is 13.1 Å². The number of fused-ring (bicyclic) bond motifs is 1. The monoisotopic (exact) mass is 445 g/mol. The summed E-state index contributed by atoms with van der Waals surface area (Å²) in [5.41, 5.74) is 3.09. The molecule has 1 aliphatic carbocycles. The van der Waals surface area contributed by atoms with Crippen LogP contribution < -0.4 is 16.0 Å². The van der Waals surface area contributed by atoms with Gasteiger partial charge in [0.25, 0.3) is 5.62 Å². The van der Waals surface area contributed by atoms with Crippen LogP contribution in [-0.2, 0) is 0 Å². The summed E-state index contributed by atoms with van der Waals surface area (Å²) in [5.74, 6) is 1.14. The van der Waals surface area contributed by atoms with Crippen LogP contribution in [0, 0.1) is 6.92 Å². The number of hydrogen-bond donors (Lipinski definition) is 1. The molecule has 4 heterocycles. The fraction of sp³-hybridized carbons (Fsp3) is 0.480. The summed E-state index contributed by atoms with van der Waals surface area (Å²) in [6.07, 6.45) is 9.76. The largest absolute Gasteiger partial charge is 0.859 e. The van der Waals surface area contributed by atoms with Gasteiger partial charge in [0, 0.05) is 29.6 Å². The highest BCUT2D eigenvalue weighted by Crippen LogP contribution is 2.39. The number of nitrogens with one attached hydrogen (secondary N) is 1. The number of pyridine rings is 2. The molecule has 0 unspecified atom stereocenters. The highest BCUT2D eigenvalue weighted by Gasteiger charge is 2.26. The van der Waals surface area contributed by atoms with E-state index in [2.05, 4.69) is 31.3 Å². The van der Waals surface area contributed by atoms with Crippen LogP contribution in [0.25, 0.3) is 11.4 Å². The Morgan fingerprint density at radius 2 is 1.88 bits per heavy atom. The van der Waals surface area contributed by atoms with Gasteiger partial charge in [-0.15, -0.1) is 0 Å². The first-order valence-corrected chi connectivity index (χ1v) is 11.8. The van der Waals surface area contributed by atoms with Crippen LogP contribution in [0.4, 0.5) is 5.82 Å². The normalized spacial score (nSPS) is 18.3. The minimum Gasteiger partial charge on any atom is -0.859 e. The maximum absolute atomic E-state index is 13.3. The van der Waals surface area contributed by atoms with Crippen molar-refractivity contribution in [3.8, 4) is 17.3 Å². The van der Waals surface area contributed by atoms with Crippen LogP contribution in [0.3, 0.4) is 0 Å². The number of nitrogens with zero attached hydrogens (tertiary/aromatic N) is 5. The lowest BCUT2D eigenvalue weighted by Crippen LogP contribution is -2.26. The van der Waals surface area contributed by atoms with Crippen LogP contribution in [-0.4, -0.2) is 38.4 Å². The summed E-state index contributed by atoms with van der Waals surface area (Å²) in [6.45, 7) is 5.31. The molecule has 172 valence electrons. The quantitative estimate of drug-likeness (QED) is 0.618. The third kappa shape index (κ3) is 4.15. The minimum atomic E-state index is -0.256. The molecule has 3 aliphatic heterocycles. The van der Waals surface area contributed by atoms with E-state index in [1.54, 1.807) is 17.7 Å². The van der Waals surface area contributed by atoms with Gasteiger partial charge in [-0.25, -0.2) is 9.97 Å². The molecular formula is C25H29N6O2-. The molecule has 5 rings (SSSR count). The molecule has 33 heavy (non-hydrogen) atoms. The van der Waals surface area contributed by atoms with E-state index in [0.29, 0.717) is 23.1 Å². The number of carbonyl (C=O) groups excluding carboxylic acids is 1. The number of hydrogen-bond acceptors (Lipinski definition) is 7. The molecule has 8 nitrogen and oxygen atoms in total. The predicted octanol–water partition coefficient (Wildman–Crippen LogP) is 3.18. The molecule has 0 bridgehead atoms. The van der Waals surface area contributed by atoms with Gasteiger partial charge in [-0.3, -0.25) is 4.79 Å². The Kier molecular flexibility index (Phi) is 5.93.